The Bertz CT molecular complexity index is 730. The molecule has 0 fully saturated rings. The third-order valence-electron chi connectivity index (χ3n) is 3.22. The van der Waals surface area contributed by atoms with Crippen molar-refractivity contribution in [3.63, 3.8) is 0 Å². The van der Waals surface area contributed by atoms with E-state index >= 15 is 0 Å². The molecule has 0 bridgehead atoms. The van der Waals surface area contributed by atoms with Gasteiger partial charge in [0.05, 0.1) is 7.11 Å². The van der Waals surface area contributed by atoms with Crippen LogP contribution >= 0.6 is 0 Å². The maximum Gasteiger partial charge on any atom is 0.257 e. The van der Waals surface area contributed by atoms with Crippen LogP contribution in [0.1, 0.15) is 20.7 Å². The Hall–Kier alpha value is -2.96. The fourth-order valence-corrected chi connectivity index (χ4v) is 2.02. The summed E-state index contributed by atoms with van der Waals surface area (Å²) in [4.78, 5) is 23.7. The van der Waals surface area contributed by atoms with Crippen LogP contribution in [0.2, 0.25) is 0 Å². The Labute approximate surface area is 137 Å². The predicted octanol–water partition coefficient (Wildman–Crippen LogP) is 2.13. The second kappa shape index (κ2) is 8.05. The quantitative estimate of drug-likeness (QED) is 0.796. The molecule has 0 unspecified atom stereocenters. The van der Waals surface area contributed by atoms with Gasteiger partial charge in [0, 0.05) is 18.7 Å². The molecule has 0 heterocycles. The summed E-state index contributed by atoms with van der Waals surface area (Å²) in [5.41, 5.74) is -0.238. The highest BCUT2D eigenvalue weighted by Crippen LogP contribution is 2.12. The Morgan fingerprint density at radius 3 is 2.17 bits per heavy atom. The molecule has 0 saturated heterocycles. The molecule has 0 atom stereocenters. The lowest BCUT2D eigenvalue weighted by Gasteiger charge is -2.09. The molecule has 5 nitrogen and oxygen atoms in total. The third-order valence-corrected chi connectivity index (χ3v) is 3.22. The molecule has 0 radical (unpaired) electrons. The minimum Gasteiger partial charge on any atom is -0.497 e. The molecule has 0 aromatic heterocycles. The van der Waals surface area contributed by atoms with Crippen molar-refractivity contribution in [3.8, 4) is 5.75 Å². The molecule has 2 N–H and O–H groups in total. The number of amides is 2. The third kappa shape index (κ3) is 4.28. The first-order valence-electron chi connectivity index (χ1n) is 7.17. The topological polar surface area (TPSA) is 67.4 Å². The van der Waals surface area contributed by atoms with Crippen LogP contribution in [0.15, 0.2) is 42.5 Å². The number of rotatable bonds is 6. The van der Waals surface area contributed by atoms with Crippen LogP contribution in [0.4, 0.5) is 8.78 Å². The summed E-state index contributed by atoms with van der Waals surface area (Å²) < 4.78 is 31.9. The lowest BCUT2D eigenvalue weighted by molar-refractivity contribution is 0.0922. The van der Waals surface area contributed by atoms with Crippen molar-refractivity contribution < 1.29 is 23.1 Å². The highest BCUT2D eigenvalue weighted by atomic mass is 19.1. The van der Waals surface area contributed by atoms with Gasteiger partial charge >= 0.3 is 0 Å². The highest BCUT2D eigenvalue weighted by Gasteiger charge is 2.16. The number of nitrogens with one attached hydrogen (secondary N) is 2. The first kappa shape index (κ1) is 17.4. The van der Waals surface area contributed by atoms with Gasteiger partial charge in [-0.15, -0.1) is 0 Å². The van der Waals surface area contributed by atoms with Crippen molar-refractivity contribution in [2.75, 3.05) is 20.2 Å². The summed E-state index contributed by atoms with van der Waals surface area (Å²) >= 11 is 0. The van der Waals surface area contributed by atoms with E-state index in [-0.39, 0.29) is 19.0 Å². The molecule has 7 heteroatoms. The van der Waals surface area contributed by atoms with Crippen LogP contribution in [-0.4, -0.2) is 32.0 Å². The van der Waals surface area contributed by atoms with E-state index in [0.29, 0.717) is 11.3 Å². The summed E-state index contributed by atoms with van der Waals surface area (Å²) in [5, 5.41) is 4.94. The van der Waals surface area contributed by atoms with E-state index in [1.165, 1.54) is 13.2 Å². The normalized spacial score (nSPS) is 10.1. The van der Waals surface area contributed by atoms with Gasteiger partial charge in [-0.05, 0) is 30.3 Å². The van der Waals surface area contributed by atoms with E-state index in [0.717, 1.165) is 12.1 Å². The van der Waals surface area contributed by atoms with Crippen molar-refractivity contribution in [2.24, 2.45) is 0 Å². The minimum absolute atomic E-state index is 0.0301. The van der Waals surface area contributed by atoms with Crippen molar-refractivity contribution >= 4 is 11.8 Å². The predicted molar refractivity (Wildman–Crippen MR) is 84.0 cm³/mol. The van der Waals surface area contributed by atoms with Crippen LogP contribution in [-0.2, 0) is 0 Å². The monoisotopic (exact) mass is 334 g/mol. The van der Waals surface area contributed by atoms with Crippen LogP contribution in [0.5, 0.6) is 5.75 Å². The first-order valence-corrected chi connectivity index (χ1v) is 7.17. The Morgan fingerprint density at radius 2 is 1.54 bits per heavy atom. The minimum atomic E-state index is -0.937. The zero-order valence-corrected chi connectivity index (χ0v) is 12.9. The molecule has 0 aliphatic carbocycles. The van der Waals surface area contributed by atoms with Gasteiger partial charge in [-0.2, -0.15) is 0 Å². The van der Waals surface area contributed by atoms with Crippen molar-refractivity contribution in [2.45, 2.75) is 0 Å². The Balaban J connectivity index is 1.84. The van der Waals surface area contributed by atoms with Gasteiger partial charge in [-0.25, -0.2) is 8.78 Å². The number of hydrogen-bond donors (Lipinski definition) is 2. The number of hydrogen-bond acceptors (Lipinski definition) is 3. The van der Waals surface area contributed by atoms with E-state index in [9.17, 15) is 18.4 Å². The number of carbonyl (C=O) groups is 2. The van der Waals surface area contributed by atoms with Crippen molar-refractivity contribution in [3.05, 3.63) is 65.2 Å². The molecule has 0 aliphatic rings. The average molecular weight is 334 g/mol. The van der Waals surface area contributed by atoms with Crippen LogP contribution < -0.4 is 15.4 Å². The van der Waals surface area contributed by atoms with Gasteiger partial charge in [0.2, 0.25) is 0 Å². The number of benzene rings is 2. The van der Waals surface area contributed by atoms with E-state index in [1.54, 1.807) is 24.3 Å². The molecule has 0 aliphatic heterocycles. The molecule has 126 valence electrons. The second-order valence-corrected chi connectivity index (χ2v) is 4.84. The Morgan fingerprint density at radius 1 is 0.958 bits per heavy atom. The summed E-state index contributed by atoms with van der Waals surface area (Å²) in [5.74, 6) is -2.55. The van der Waals surface area contributed by atoms with Crippen LogP contribution in [0.25, 0.3) is 0 Å². The van der Waals surface area contributed by atoms with Crippen molar-refractivity contribution in [1.82, 2.24) is 10.6 Å². The zero-order chi connectivity index (χ0) is 17.5. The zero-order valence-electron chi connectivity index (χ0n) is 12.9. The molecule has 2 aromatic rings. The highest BCUT2D eigenvalue weighted by molar-refractivity contribution is 5.95. The lowest BCUT2D eigenvalue weighted by Crippen LogP contribution is -2.35. The average Bonchev–Trinajstić information content (AvgIpc) is 2.58. The van der Waals surface area contributed by atoms with Gasteiger partial charge in [-0.3, -0.25) is 9.59 Å². The molecule has 24 heavy (non-hydrogen) atoms. The smallest absolute Gasteiger partial charge is 0.257 e. The van der Waals surface area contributed by atoms with Gasteiger partial charge < -0.3 is 15.4 Å². The number of methoxy groups -OCH3 is 1. The standard InChI is InChI=1S/C17H16F2N2O3/c1-24-12-5-2-4-11(10-12)16(22)20-8-9-21-17(23)15-13(18)6-3-7-14(15)19/h2-7,10H,8-9H2,1H3,(H,20,22)(H,21,23). The number of halogens is 2. The first-order chi connectivity index (χ1) is 11.5. The van der Waals surface area contributed by atoms with E-state index < -0.39 is 23.1 Å². The largest absolute Gasteiger partial charge is 0.497 e. The van der Waals surface area contributed by atoms with Gasteiger partial charge in [0.1, 0.15) is 22.9 Å². The maximum absolute atomic E-state index is 13.4. The summed E-state index contributed by atoms with van der Waals surface area (Å²) in [6, 6.07) is 9.76. The van der Waals surface area contributed by atoms with Gasteiger partial charge in [-0.1, -0.05) is 12.1 Å². The molecule has 2 rings (SSSR count). The van der Waals surface area contributed by atoms with E-state index in [2.05, 4.69) is 10.6 Å². The number of ether oxygens (including phenoxy) is 1. The van der Waals surface area contributed by atoms with E-state index in [4.69, 9.17) is 4.74 Å². The van der Waals surface area contributed by atoms with Crippen molar-refractivity contribution in [1.29, 1.82) is 0 Å². The molecule has 2 amide bonds. The maximum atomic E-state index is 13.4. The second-order valence-electron chi connectivity index (χ2n) is 4.84. The fourth-order valence-electron chi connectivity index (χ4n) is 2.02. The molecule has 0 saturated carbocycles. The van der Waals surface area contributed by atoms with Gasteiger partial charge in [0.15, 0.2) is 0 Å². The molecule has 2 aromatic carbocycles. The molecule has 0 spiro atoms. The molecular formula is C17H16F2N2O3. The summed E-state index contributed by atoms with van der Waals surface area (Å²) in [6.07, 6.45) is 0. The Kier molecular flexibility index (Phi) is 5.83. The SMILES string of the molecule is COc1cccc(C(=O)NCCNC(=O)c2c(F)cccc2F)c1. The molecular weight excluding hydrogens is 318 g/mol. The lowest BCUT2D eigenvalue weighted by atomic mass is 10.2. The fraction of sp³-hybridized carbons (Fsp3) is 0.176. The van der Waals surface area contributed by atoms with E-state index in [1.807, 2.05) is 0 Å². The summed E-state index contributed by atoms with van der Waals surface area (Å²) in [6.45, 7) is 0.139. The number of carbonyl (C=O) groups excluding carboxylic acids is 2. The van der Waals surface area contributed by atoms with Crippen LogP contribution in [0.3, 0.4) is 0 Å². The van der Waals surface area contributed by atoms with Gasteiger partial charge in [0.25, 0.3) is 11.8 Å². The summed E-state index contributed by atoms with van der Waals surface area (Å²) in [7, 11) is 1.49. The van der Waals surface area contributed by atoms with Crippen LogP contribution in [0, 0.1) is 11.6 Å².